The topological polar surface area (TPSA) is 62.6 Å². The maximum Gasteiger partial charge on any atom is 0.279 e. The smallest absolute Gasteiger partial charge is 0.279 e. The van der Waals surface area contributed by atoms with Crippen LogP contribution in [0.4, 0.5) is 5.69 Å². The molecule has 0 spiro atoms. The first-order valence-corrected chi connectivity index (χ1v) is 9.53. The lowest BCUT2D eigenvalue weighted by molar-refractivity contribution is -0.885. The van der Waals surface area contributed by atoms with Crippen LogP contribution in [0.2, 0.25) is 0 Å². The minimum Gasteiger partial charge on any atom is -0.355 e. The lowest BCUT2D eigenvalue weighted by Gasteiger charge is -2.14. The van der Waals surface area contributed by atoms with Crippen LogP contribution in [0.1, 0.15) is 41.3 Å². The Morgan fingerprint density at radius 3 is 2.19 bits per heavy atom. The van der Waals surface area contributed by atoms with E-state index in [0.717, 1.165) is 29.1 Å². The number of anilines is 1. The molecular formula is C22H30N3O2+. The number of carbonyl (C=O) groups excluding carboxylic acids is 2. The first kappa shape index (κ1) is 20.6. The van der Waals surface area contributed by atoms with Crippen LogP contribution in [0.5, 0.6) is 0 Å². The number of carbonyl (C=O) groups is 2. The van der Waals surface area contributed by atoms with Crippen LogP contribution in [0.3, 0.4) is 0 Å². The fourth-order valence-electron chi connectivity index (χ4n) is 2.94. The SMILES string of the molecule is CCCCc1ccc(NC(=O)C[NH+](C)Cc2ccc(C(=O)NC)cc2)cc1. The number of hydrogen-bond acceptors (Lipinski definition) is 2. The number of unbranched alkanes of at least 4 members (excludes halogenated alkanes) is 1. The largest absolute Gasteiger partial charge is 0.355 e. The van der Waals surface area contributed by atoms with Gasteiger partial charge in [-0.05, 0) is 42.7 Å². The molecule has 27 heavy (non-hydrogen) atoms. The van der Waals surface area contributed by atoms with Crippen LogP contribution < -0.4 is 15.5 Å². The Morgan fingerprint density at radius 2 is 1.59 bits per heavy atom. The van der Waals surface area contributed by atoms with Crippen LogP contribution in [0.15, 0.2) is 48.5 Å². The van der Waals surface area contributed by atoms with Gasteiger partial charge in [0.15, 0.2) is 6.54 Å². The second kappa shape index (κ2) is 10.5. The number of rotatable bonds is 9. The molecule has 0 aliphatic carbocycles. The van der Waals surface area contributed by atoms with E-state index in [9.17, 15) is 9.59 Å². The second-order valence-electron chi connectivity index (χ2n) is 6.94. The van der Waals surface area contributed by atoms with Gasteiger partial charge in [-0.2, -0.15) is 0 Å². The quantitative estimate of drug-likeness (QED) is 0.634. The van der Waals surface area contributed by atoms with Gasteiger partial charge in [0.1, 0.15) is 6.54 Å². The molecule has 0 heterocycles. The van der Waals surface area contributed by atoms with Gasteiger partial charge < -0.3 is 15.5 Å². The van der Waals surface area contributed by atoms with Gasteiger partial charge >= 0.3 is 0 Å². The zero-order chi connectivity index (χ0) is 19.6. The highest BCUT2D eigenvalue weighted by Gasteiger charge is 2.11. The number of quaternary nitrogens is 1. The molecule has 0 aliphatic heterocycles. The summed E-state index contributed by atoms with van der Waals surface area (Å²) < 4.78 is 0. The lowest BCUT2D eigenvalue weighted by atomic mass is 10.1. The number of amides is 2. The fourth-order valence-corrected chi connectivity index (χ4v) is 2.94. The maximum absolute atomic E-state index is 12.3. The monoisotopic (exact) mass is 368 g/mol. The zero-order valence-corrected chi connectivity index (χ0v) is 16.5. The summed E-state index contributed by atoms with van der Waals surface area (Å²) in [7, 11) is 3.60. The molecule has 0 radical (unpaired) electrons. The van der Waals surface area contributed by atoms with E-state index < -0.39 is 0 Å². The van der Waals surface area contributed by atoms with Gasteiger partial charge in [-0.1, -0.05) is 37.6 Å². The zero-order valence-electron chi connectivity index (χ0n) is 16.5. The maximum atomic E-state index is 12.3. The van der Waals surface area contributed by atoms with Gasteiger partial charge in [-0.3, -0.25) is 9.59 Å². The molecule has 1 unspecified atom stereocenters. The van der Waals surface area contributed by atoms with Gasteiger partial charge in [-0.15, -0.1) is 0 Å². The van der Waals surface area contributed by atoms with Crippen molar-refractivity contribution in [1.29, 1.82) is 0 Å². The highest BCUT2D eigenvalue weighted by Crippen LogP contribution is 2.11. The minimum absolute atomic E-state index is 0.00390. The third kappa shape index (κ3) is 6.87. The van der Waals surface area contributed by atoms with Crippen LogP contribution in [-0.4, -0.2) is 32.5 Å². The average molecular weight is 369 g/mol. The molecule has 5 heteroatoms. The van der Waals surface area contributed by atoms with Crippen molar-refractivity contribution in [3.8, 4) is 0 Å². The molecule has 0 aliphatic rings. The van der Waals surface area contributed by atoms with E-state index in [-0.39, 0.29) is 11.8 Å². The van der Waals surface area contributed by atoms with Crippen molar-refractivity contribution in [3.05, 3.63) is 65.2 Å². The molecule has 0 fully saturated rings. The normalized spacial score (nSPS) is 11.7. The van der Waals surface area contributed by atoms with Crippen molar-refractivity contribution in [2.75, 3.05) is 26.0 Å². The molecule has 144 valence electrons. The summed E-state index contributed by atoms with van der Waals surface area (Å²) in [6, 6.07) is 15.6. The van der Waals surface area contributed by atoms with Crippen molar-refractivity contribution in [2.45, 2.75) is 32.7 Å². The highest BCUT2D eigenvalue weighted by atomic mass is 16.2. The molecule has 0 saturated heterocycles. The number of nitrogens with one attached hydrogen (secondary N) is 3. The Kier molecular flexibility index (Phi) is 8.01. The molecule has 2 amide bonds. The Morgan fingerprint density at radius 1 is 0.963 bits per heavy atom. The Hall–Kier alpha value is -2.66. The van der Waals surface area contributed by atoms with Crippen molar-refractivity contribution >= 4 is 17.5 Å². The number of benzene rings is 2. The fraction of sp³-hybridized carbons (Fsp3) is 0.364. The Labute approximate surface area is 161 Å². The molecule has 2 aromatic rings. The third-order valence-electron chi connectivity index (χ3n) is 4.47. The molecular weight excluding hydrogens is 338 g/mol. The van der Waals surface area contributed by atoms with Crippen LogP contribution in [-0.2, 0) is 17.8 Å². The average Bonchev–Trinajstić information content (AvgIpc) is 2.67. The predicted molar refractivity (Wildman–Crippen MR) is 109 cm³/mol. The molecule has 0 aromatic heterocycles. The highest BCUT2D eigenvalue weighted by molar-refractivity contribution is 5.94. The predicted octanol–water partition coefficient (Wildman–Crippen LogP) is 2.04. The standard InChI is InChI=1S/C22H29N3O2/c1-4-5-6-17-9-13-20(14-10-17)24-21(26)16-25(3)15-18-7-11-19(12-8-18)22(27)23-2/h7-14H,4-6,15-16H2,1-3H3,(H,23,27)(H,24,26)/p+1. The Balaban J connectivity index is 1.81. The van der Waals surface area contributed by atoms with E-state index in [1.54, 1.807) is 7.05 Å². The van der Waals surface area contributed by atoms with Crippen molar-refractivity contribution in [1.82, 2.24) is 5.32 Å². The third-order valence-corrected chi connectivity index (χ3v) is 4.47. The van der Waals surface area contributed by atoms with E-state index >= 15 is 0 Å². The van der Waals surface area contributed by atoms with Gasteiger partial charge in [-0.25, -0.2) is 0 Å². The number of likely N-dealkylation sites (N-methyl/N-ethyl adjacent to an activating group) is 1. The molecule has 0 saturated carbocycles. The number of hydrogen-bond donors (Lipinski definition) is 3. The molecule has 2 aromatic carbocycles. The molecule has 0 bridgehead atoms. The first-order chi connectivity index (χ1) is 13.0. The van der Waals surface area contributed by atoms with Gasteiger partial charge in [0.2, 0.25) is 0 Å². The molecule has 1 atom stereocenters. The summed E-state index contributed by atoms with van der Waals surface area (Å²) in [5, 5.41) is 5.57. The Bertz CT molecular complexity index is 739. The second-order valence-corrected chi connectivity index (χ2v) is 6.94. The summed E-state index contributed by atoms with van der Waals surface area (Å²) in [5.41, 5.74) is 3.87. The van der Waals surface area contributed by atoms with Crippen LogP contribution >= 0.6 is 0 Å². The van der Waals surface area contributed by atoms with E-state index in [4.69, 9.17) is 0 Å². The van der Waals surface area contributed by atoms with Gasteiger partial charge in [0.05, 0.1) is 7.05 Å². The number of aryl methyl sites for hydroxylation is 1. The van der Waals surface area contributed by atoms with Crippen molar-refractivity contribution < 1.29 is 14.5 Å². The molecule has 2 rings (SSSR count). The van der Waals surface area contributed by atoms with E-state index in [1.807, 2.05) is 43.4 Å². The lowest BCUT2D eigenvalue weighted by Crippen LogP contribution is -3.08. The van der Waals surface area contributed by atoms with E-state index in [2.05, 4.69) is 29.7 Å². The molecule has 3 N–H and O–H groups in total. The summed E-state index contributed by atoms with van der Waals surface area (Å²) in [4.78, 5) is 24.9. The summed E-state index contributed by atoms with van der Waals surface area (Å²) in [5.74, 6) is -0.0990. The van der Waals surface area contributed by atoms with Crippen LogP contribution in [0.25, 0.3) is 0 Å². The van der Waals surface area contributed by atoms with E-state index in [0.29, 0.717) is 12.1 Å². The van der Waals surface area contributed by atoms with Crippen molar-refractivity contribution in [2.24, 2.45) is 0 Å². The summed E-state index contributed by atoms with van der Waals surface area (Å²) in [6.45, 7) is 3.29. The molecule has 5 nitrogen and oxygen atoms in total. The first-order valence-electron chi connectivity index (χ1n) is 9.53. The summed E-state index contributed by atoms with van der Waals surface area (Å²) in [6.07, 6.45) is 3.45. The van der Waals surface area contributed by atoms with E-state index in [1.165, 1.54) is 18.4 Å². The van der Waals surface area contributed by atoms with Gasteiger partial charge in [0, 0.05) is 23.9 Å². The van der Waals surface area contributed by atoms with Crippen molar-refractivity contribution in [3.63, 3.8) is 0 Å². The van der Waals surface area contributed by atoms with Crippen LogP contribution in [0, 0.1) is 0 Å². The summed E-state index contributed by atoms with van der Waals surface area (Å²) >= 11 is 0. The minimum atomic E-state index is -0.0951. The van der Waals surface area contributed by atoms with Gasteiger partial charge in [0.25, 0.3) is 11.8 Å².